The van der Waals surface area contributed by atoms with E-state index in [1.165, 1.54) is 31.3 Å². The molecule has 0 radical (unpaired) electrons. The average Bonchev–Trinajstić information content (AvgIpc) is 2.56. The molecular weight excluding hydrogens is 166 g/mol. The first kappa shape index (κ1) is 10.1. The lowest BCUT2D eigenvalue weighted by Gasteiger charge is -2.24. The first-order valence-electron chi connectivity index (χ1n) is 4.72. The normalized spacial score (nSPS) is 18.9. The average molecular weight is 185 g/mol. The van der Waals surface area contributed by atoms with E-state index in [1.54, 1.807) is 0 Å². The summed E-state index contributed by atoms with van der Waals surface area (Å²) in [4.78, 5) is 2.42. The summed E-state index contributed by atoms with van der Waals surface area (Å²) in [6, 6.07) is 0.807. The van der Waals surface area contributed by atoms with Gasteiger partial charge >= 0.3 is 0 Å². The summed E-state index contributed by atoms with van der Waals surface area (Å²) in [5.41, 5.74) is 1.23. The summed E-state index contributed by atoms with van der Waals surface area (Å²) in [5, 5.41) is 0. The van der Waals surface area contributed by atoms with Crippen LogP contribution in [-0.2, 0) is 0 Å². The molecule has 0 amide bonds. The monoisotopic (exact) mass is 185 g/mol. The fraction of sp³-hybridized carbons (Fsp3) is 0.800. The van der Waals surface area contributed by atoms with Crippen LogP contribution in [0.2, 0.25) is 0 Å². The Morgan fingerprint density at radius 3 is 2.58 bits per heavy atom. The van der Waals surface area contributed by atoms with Crippen molar-refractivity contribution in [2.45, 2.75) is 31.7 Å². The second kappa shape index (κ2) is 4.93. The van der Waals surface area contributed by atoms with E-state index < -0.39 is 0 Å². The number of hydrogen-bond acceptors (Lipinski definition) is 2. The largest absolute Gasteiger partial charge is 0.299 e. The zero-order valence-electron chi connectivity index (χ0n) is 7.92. The molecule has 0 unspecified atom stereocenters. The third kappa shape index (κ3) is 2.83. The van der Waals surface area contributed by atoms with Crippen molar-refractivity contribution in [3.05, 3.63) is 12.2 Å². The van der Waals surface area contributed by atoms with Crippen LogP contribution in [0.25, 0.3) is 0 Å². The van der Waals surface area contributed by atoms with Gasteiger partial charge in [-0.1, -0.05) is 25.0 Å². The van der Waals surface area contributed by atoms with E-state index in [0.717, 1.165) is 18.3 Å². The van der Waals surface area contributed by atoms with E-state index >= 15 is 0 Å². The van der Waals surface area contributed by atoms with Crippen molar-refractivity contribution >= 4 is 12.6 Å². The molecule has 1 aliphatic rings. The summed E-state index contributed by atoms with van der Waals surface area (Å²) in [7, 11) is 2.20. The van der Waals surface area contributed by atoms with Crippen LogP contribution in [0.4, 0.5) is 0 Å². The van der Waals surface area contributed by atoms with Gasteiger partial charge < -0.3 is 0 Å². The molecule has 2 heteroatoms. The van der Waals surface area contributed by atoms with Gasteiger partial charge in [0.05, 0.1) is 0 Å². The summed E-state index contributed by atoms with van der Waals surface area (Å²) in [6.45, 7) is 4.99. The van der Waals surface area contributed by atoms with Gasteiger partial charge in [-0.2, -0.15) is 12.6 Å². The Bertz CT molecular complexity index is 150. The minimum Gasteiger partial charge on any atom is -0.299 e. The van der Waals surface area contributed by atoms with Crippen molar-refractivity contribution in [3.63, 3.8) is 0 Å². The molecule has 0 bridgehead atoms. The lowest BCUT2D eigenvalue weighted by atomic mass is 10.2. The number of hydrogen-bond donors (Lipinski definition) is 1. The van der Waals surface area contributed by atoms with Crippen LogP contribution in [-0.4, -0.2) is 30.3 Å². The van der Waals surface area contributed by atoms with Gasteiger partial charge in [-0.05, 0) is 19.9 Å². The molecule has 0 aromatic rings. The molecule has 0 spiro atoms. The van der Waals surface area contributed by atoms with Crippen molar-refractivity contribution in [1.29, 1.82) is 0 Å². The third-order valence-corrected chi connectivity index (χ3v) is 3.09. The molecule has 0 N–H and O–H groups in total. The van der Waals surface area contributed by atoms with Gasteiger partial charge in [0.15, 0.2) is 0 Å². The Balaban J connectivity index is 2.26. The van der Waals surface area contributed by atoms with Gasteiger partial charge in [-0.25, -0.2) is 0 Å². The minimum absolute atomic E-state index is 0.807. The van der Waals surface area contributed by atoms with Crippen LogP contribution < -0.4 is 0 Å². The highest BCUT2D eigenvalue weighted by molar-refractivity contribution is 7.80. The highest BCUT2D eigenvalue weighted by atomic mass is 32.1. The van der Waals surface area contributed by atoms with Crippen molar-refractivity contribution in [2.24, 2.45) is 0 Å². The van der Waals surface area contributed by atoms with Crippen LogP contribution in [0.3, 0.4) is 0 Å². The van der Waals surface area contributed by atoms with Crippen LogP contribution in [0.5, 0.6) is 0 Å². The fourth-order valence-electron chi connectivity index (χ4n) is 1.88. The molecule has 1 fully saturated rings. The van der Waals surface area contributed by atoms with Crippen LogP contribution in [0.15, 0.2) is 12.2 Å². The smallest absolute Gasteiger partial charge is 0.0198 e. The van der Waals surface area contributed by atoms with Gasteiger partial charge in [0.2, 0.25) is 0 Å². The first-order chi connectivity index (χ1) is 5.74. The summed E-state index contributed by atoms with van der Waals surface area (Å²) >= 11 is 4.21. The zero-order valence-corrected chi connectivity index (χ0v) is 8.82. The third-order valence-electron chi connectivity index (χ3n) is 2.64. The molecule has 1 rings (SSSR count). The fourth-order valence-corrected chi connectivity index (χ4v) is 1.98. The van der Waals surface area contributed by atoms with E-state index in [-0.39, 0.29) is 0 Å². The molecule has 0 aromatic carbocycles. The maximum atomic E-state index is 4.21. The van der Waals surface area contributed by atoms with Gasteiger partial charge in [0.1, 0.15) is 0 Å². The first-order valence-corrected chi connectivity index (χ1v) is 5.35. The Hall–Kier alpha value is 0.0500. The van der Waals surface area contributed by atoms with Crippen LogP contribution in [0, 0.1) is 0 Å². The summed E-state index contributed by atoms with van der Waals surface area (Å²) in [6.07, 6.45) is 5.55. The van der Waals surface area contributed by atoms with E-state index in [9.17, 15) is 0 Å². The van der Waals surface area contributed by atoms with Crippen molar-refractivity contribution in [2.75, 3.05) is 19.3 Å². The summed E-state index contributed by atoms with van der Waals surface area (Å²) < 4.78 is 0. The van der Waals surface area contributed by atoms with E-state index in [4.69, 9.17) is 0 Å². The molecule has 0 aromatic heterocycles. The molecule has 1 aliphatic carbocycles. The lowest BCUT2D eigenvalue weighted by molar-refractivity contribution is 0.266. The predicted molar refractivity (Wildman–Crippen MR) is 57.9 cm³/mol. The van der Waals surface area contributed by atoms with Gasteiger partial charge in [-0.3, -0.25) is 4.90 Å². The molecule has 0 heterocycles. The van der Waals surface area contributed by atoms with E-state index in [0.29, 0.717) is 0 Å². The second-order valence-corrected chi connectivity index (χ2v) is 4.08. The Morgan fingerprint density at radius 1 is 1.50 bits per heavy atom. The van der Waals surface area contributed by atoms with Crippen molar-refractivity contribution in [3.8, 4) is 0 Å². The van der Waals surface area contributed by atoms with Crippen LogP contribution in [0.1, 0.15) is 25.7 Å². The highest BCUT2D eigenvalue weighted by Gasteiger charge is 2.19. The molecule has 1 saturated carbocycles. The minimum atomic E-state index is 0.807. The van der Waals surface area contributed by atoms with Gasteiger partial charge in [0, 0.05) is 18.3 Å². The topological polar surface area (TPSA) is 3.24 Å². The number of likely N-dealkylation sites (N-methyl/N-ethyl adjacent to an activating group) is 1. The standard InChI is InChI=1S/C10H19NS/c1-9(8-12)7-11(2)10-5-3-4-6-10/h10,12H,1,3-8H2,2H3. The van der Waals surface area contributed by atoms with E-state index in [2.05, 4.69) is 31.2 Å². The molecule has 12 heavy (non-hydrogen) atoms. The number of thiol groups is 1. The number of rotatable bonds is 4. The summed E-state index contributed by atoms with van der Waals surface area (Å²) in [5.74, 6) is 0.817. The van der Waals surface area contributed by atoms with Crippen molar-refractivity contribution < 1.29 is 0 Å². The second-order valence-electron chi connectivity index (χ2n) is 3.76. The van der Waals surface area contributed by atoms with Crippen molar-refractivity contribution in [1.82, 2.24) is 4.90 Å². The van der Waals surface area contributed by atoms with Crippen LogP contribution >= 0.6 is 12.6 Å². The quantitative estimate of drug-likeness (QED) is 0.520. The molecule has 70 valence electrons. The molecular formula is C10H19NS. The Labute approximate surface area is 81.2 Å². The maximum Gasteiger partial charge on any atom is 0.0198 e. The van der Waals surface area contributed by atoms with Gasteiger partial charge in [-0.15, -0.1) is 0 Å². The van der Waals surface area contributed by atoms with E-state index in [1.807, 2.05) is 0 Å². The predicted octanol–water partition coefficient (Wildman–Crippen LogP) is 2.35. The molecule has 0 saturated heterocycles. The van der Waals surface area contributed by atoms with Gasteiger partial charge in [0.25, 0.3) is 0 Å². The SMILES string of the molecule is C=C(CS)CN(C)C1CCCC1. The lowest BCUT2D eigenvalue weighted by Crippen LogP contribution is -2.31. The molecule has 0 aliphatic heterocycles. The molecule has 0 atom stereocenters. The molecule has 1 nitrogen and oxygen atoms in total. The Morgan fingerprint density at radius 2 is 2.08 bits per heavy atom. The zero-order chi connectivity index (χ0) is 8.97. The maximum absolute atomic E-state index is 4.21. The Kier molecular flexibility index (Phi) is 4.16. The number of nitrogens with zero attached hydrogens (tertiary/aromatic N) is 1. The highest BCUT2D eigenvalue weighted by Crippen LogP contribution is 2.22.